The van der Waals surface area contributed by atoms with Crippen molar-refractivity contribution in [1.82, 2.24) is 20.2 Å². The lowest BCUT2D eigenvalue weighted by atomic mass is 9.95. The van der Waals surface area contributed by atoms with Crippen LogP contribution in [0, 0.1) is 0 Å². The minimum atomic E-state index is 0.485. The van der Waals surface area contributed by atoms with Crippen LogP contribution in [0.5, 0.6) is 0 Å². The van der Waals surface area contributed by atoms with Gasteiger partial charge in [-0.25, -0.2) is 0 Å². The lowest BCUT2D eigenvalue weighted by Crippen LogP contribution is -2.29. The van der Waals surface area contributed by atoms with Gasteiger partial charge in [-0.2, -0.15) is 26.8 Å². The minimum Gasteiger partial charge on any atom is -0.367 e. The van der Waals surface area contributed by atoms with Gasteiger partial charge in [0.1, 0.15) is 5.82 Å². The summed E-state index contributed by atoms with van der Waals surface area (Å²) in [5, 5.41) is 15.3. The van der Waals surface area contributed by atoms with E-state index in [4.69, 9.17) is 0 Å². The first kappa shape index (κ1) is 13.5. The van der Waals surface area contributed by atoms with Gasteiger partial charge in [0.05, 0.1) is 11.6 Å². The van der Waals surface area contributed by atoms with Crippen LogP contribution in [0.1, 0.15) is 25.7 Å². The van der Waals surface area contributed by atoms with E-state index in [2.05, 4.69) is 37.1 Å². The molecule has 0 bridgehead atoms. The van der Waals surface area contributed by atoms with Crippen LogP contribution in [-0.2, 0) is 0 Å². The maximum Gasteiger partial charge on any atom is 0.226 e. The number of rotatable bonds is 4. The summed E-state index contributed by atoms with van der Waals surface area (Å²) in [5.74, 6) is 1.49. The molecule has 20 heavy (non-hydrogen) atoms. The Hall–Kier alpha value is -1.50. The predicted molar refractivity (Wildman–Crippen MR) is 84.4 cm³/mol. The molecule has 2 heterocycles. The van der Waals surface area contributed by atoms with Gasteiger partial charge in [0.2, 0.25) is 5.95 Å². The highest BCUT2D eigenvalue weighted by Gasteiger charge is 2.22. The second kappa shape index (κ2) is 5.87. The Kier molecular flexibility index (Phi) is 3.95. The standard InChI is InChI=1S/C13H20N6S/c1-14-13-17-11(10-7-15-19-12(10)18-13)16-8-4-3-5-9(6-8)20-2/h7-9H,3-6H2,1-2H3,(H3,14,15,16,17,18,19). The third kappa shape index (κ3) is 2.67. The maximum atomic E-state index is 4.54. The molecule has 1 fully saturated rings. The van der Waals surface area contributed by atoms with Gasteiger partial charge in [-0.15, -0.1) is 0 Å². The zero-order valence-electron chi connectivity index (χ0n) is 11.8. The van der Waals surface area contributed by atoms with Crippen LogP contribution in [0.15, 0.2) is 6.20 Å². The summed E-state index contributed by atoms with van der Waals surface area (Å²) in [6.45, 7) is 0. The highest BCUT2D eigenvalue weighted by atomic mass is 32.2. The van der Waals surface area contributed by atoms with Crippen molar-refractivity contribution in [2.75, 3.05) is 23.9 Å². The number of aromatic nitrogens is 4. The highest BCUT2D eigenvalue weighted by Crippen LogP contribution is 2.30. The maximum absolute atomic E-state index is 4.54. The minimum absolute atomic E-state index is 0.485. The first-order valence-corrected chi connectivity index (χ1v) is 8.27. The molecule has 7 heteroatoms. The van der Waals surface area contributed by atoms with Crippen molar-refractivity contribution in [1.29, 1.82) is 0 Å². The predicted octanol–water partition coefficient (Wildman–Crippen LogP) is 2.48. The number of nitrogens with zero attached hydrogens (tertiary/aromatic N) is 3. The molecule has 0 saturated heterocycles. The van der Waals surface area contributed by atoms with E-state index in [1.54, 1.807) is 6.20 Å². The van der Waals surface area contributed by atoms with Gasteiger partial charge in [0, 0.05) is 18.3 Å². The van der Waals surface area contributed by atoms with Crippen LogP contribution in [0.25, 0.3) is 11.0 Å². The first-order chi connectivity index (χ1) is 9.80. The summed E-state index contributed by atoms with van der Waals surface area (Å²) in [6, 6.07) is 0.485. The van der Waals surface area contributed by atoms with Crippen molar-refractivity contribution in [2.45, 2.75) is 37.0 Å². The van der Waals surface area contributed by atoms with Crippen LogP contribution in [-0.4, -0.2) is 44.8 Å². The van der Waals surface area contributed by atoms with Crippen LogP contribution in [0.4, 0.5) is 11.8 Å². The lowest BCUT2D eigenvalue weighted by Gasteiger charge is -2.29. The summed E-state index contributed by atoms with van der Waals surface area (Å²) >= 11 is 1.97. The smallest absolute Gasteiger partial charge is 0.226 e. The molecule has 1 aliphatic carbocycles. The normalized spacial score (nSPS) is 22.9. The molecular weight excluding hydrogens is 272 g/mol. The third-order valence-corrected chi connectivity index (χ3v) is 4.93. The molecule has 2 unspecified atom stereocenters. The van der Waals surface area contributed by atoms with Gasteiger partial charge in [-0.3, -0.25) is 5.10 Å². The second-order valence-corrected chi connectivity index (χ2v) is 6.28. The molecule has 0 aliphatic heterocycles. The molecule has 0 amide bonds. The monoisotopic (exact) mass is 292 g/mol. The average Bonchev–Trinajstić information content (AvgIpc) is 2.96. The van der Waals surface area contributed by atoms with E-state index in [-0.39, 0.29) is 0 Å². The number of aromatic amines is 1. The first-order valence-electron chi connectivity index (χ1n) is 6.98. The SMILES string of the molecule is CNc1nc(NC2CCCC(SC)C2)c2cn[nH]c2n1. The molecule has 108 valence electrons. The number of nitrogens with one attached hydrogen (secondary N) is 3. The number of fused-ring (bicyclic) bond motifs is 1. The van der Waals surface area contributed by atoms with Crippen molar-refractivity contribution in [3.63, 3.8) is 0 Å². The summed E-state index contributed by atoms with van der Waals surface area (Å²) in [6.07, 6.45) is 8.99. The topological polar surface area (TPSA) is 78.5 Å². The summed E-state index contributed by atoms with van der Waals surface area (Å²) in [7, 11) is 1.83. The third-order valence-electron chi connectivity index (χ3n) is 3.83. The molecule has 2 aromatic heterocycles. The molecule has 0 aromatic carbocycles. The molecule has 3 rings (SSSR count). The van der Waals surface area contributed by atoms with Gasteiger partial charge in [-0.1, -0.05) is 6.42 Å². The largest absolute Gasteiger partial charge is 0.367 e. The molecular formula is C13H20N6S. The van der Waals surface area contributed by atoms with Crippen molar-refractivity contribution >= 4 is 34.6 Å². The number of hydrogen-bond acceptors (Lipinski definition) is 6. The van der Waals surface area contributed by atoms with E-state index in [0.29, 0.717) is 12.0 Å². The fourth-order valence-electron chi connectivity index (χ4n) is 2.74. The molecule has 6 nitrogen and oxygen atoms in total. The van der Waals surface area contributed by atoms with Gasteiger partial charge in [-0.05, 0) is 25.5 Å². The van der Waals surface area contributed by atoms with E-state index < -0.39 is 0 Å². The Morgan fingerprint density at radius 2 is 2.25 bits per heavy atom. The molecule has 3 N–H and O–H groups in total. The van der Waals surface area contributed by atoms with E-state index in [1.165, 1.54) is 25.7 Å². The summed E-state index contributed by atoms with van der Waals surface area (Å²) in [4.78, 5) is 8.89. The Balaban J connectivity index is 1.84. The number of H-pyrrole nitrogens is 1. The van der Waals surface area contributed by atoms with E-state index >= 15 is 0 Å². The van der Waals surface area contributed by atoms with E-state index in [9.17, 15) is 0 Å². The zero-order valence-corrected chi connectivity index (χ0v) is 12.6. The van der Waals surface area contributed by atoms with Crippen molar-refractivity contribution in [3.05, 3.63) is 6.20 Å². The molecule has 0 spiro atoms. The quantitative estimate of drug-likeness (QED) is 0.803. The van der Waals surface area contributed by atoms with Crippen molar-refractivity contribution in [2.24, 2.45) is 0 Å². The molecule has 1 aliphatic rings. The lowest BCUT2D eigenvalue weighted by molar-refractivity contribution is 0.473. The van der Waals surface area contributed by atoms with Crippen molar-refractivity contribution < 1.29 is 0 Å². The van der Waals surface area contributed by atoms with Gasteiger partial charge in [0.15, 0.2) is 5.65 Å². The van der Waals surface area contributed by atoms with Gasteiger partial charge < -0.3 is 10.6 Å². The average molecular weight is 292 g/mol. The van der Waals surface area contributed by atoms with Crippen LogP contribution in [0.3, 0.4) is 0 Å². The van der Waals surface area contributed by atoms with Crippen molar-refractivity contribution in [3.8, 4) is 0 Å². The van der Waals surface area contributed by atoms with Gasteiger partial charge >= 0.3 is 0 Å². The molecule has 1 saturated carbocycles. The zero-order chi connectivity index (χ0) is 13.9. The fraction of sp³-hybridized carbons (Fsp3) is 0.615. The Labute approximate surface area is 122 Å². The highest BCUT2D eigenvalue weighted by molar-refractivity contribution is 7.99. The van der Waals surface area contributed by atoms with Crippen LogP contribution < -0.4 is 10.6 Å². The Morgan fingerprint density at radius 3 is 3.05 bits per heavy atom. The van der Waals surface area contributed by atoms with Crippen LogP contribution in [0.2, 0.25) is 0 Å². The van der Waals surface area contributed by atoms with Crippen LogP contribution >= 0.6 is 11.8 Å². The molecule has 2 atom stereocenters. The van der Waals surface area contributed by atoms with Gasteiger partial charge in [0.25, 0.3) is 0 Å². The Morgan fingerprint density at radius 1 is 1.35 bits per heavy atom. The number of anilines is 2. The number of hydrogen-bond donors (Lipinski definition) is 3. The Bertz CT molecular complexity index is 583. The molecule has 0 radical (unpaired) electrons. The molecule has 2 aromatic rings. The number of thioether (sulfide) groups is 1. The van der Waals surface area contributed by atoms with E-state index in [1.807, 2.05) is 18.8 Å². The second-order valence-electron chi connectivity index (χ2n) is 5.14. The van der Waals surface area contributed by atoms with E-state index in [0.717, 1.165) is 22.1 Å². The summed E-state index contributed by atoms with van der Waals surface area (Å²) < 4.78 is 0. The fourth-order valence-corrected chi connectivity index (χ4v) is 3.57. The summed E-state index contributed by atoms with van der Waals surface area (Å²) in [5.41, 5.74) is 0.768.